The number of methoxy groups -OCH3 is 1. The third kappa shape index (κ3) is 8.67. The van der Waals surface area contributed by atoms with Crippen molar-refractivity contribution in [3.63, 3.8) is 0 Å². The summed E-state index contributed by atoms with van der Waals surface area (Å²) in [6.07, 6.45) is 7.43. The molecule has 57 heavy (non-hydrogen) atoms. The summed E-state index contributed by atoms with van der Waals surface area (Å²) in [7, 11) is 1.29. The quantitative estimate of drug-likeness (QED) is 0.118. The van der Waals surface area contributed by atoms with Gasteiger partial charge in [-0.05, 0) is 65.5 Å². The monoisotopic (exact) mass is 773 g/mol. The number of primary amides is 1. The highest BCUT2D eigenvalue weighted by Gasteiger charge is 2.39. The summed E-state index contributed by atoms with van der Waals surface area (Å²) in [5.74, 6) is 0.805. The highest BCUT2D eigenvalue weighted by Crippen LogP contribution is 2.35. The molecule has 15 heteroatoms. The second-order valence-electron chi connectivity index (χ2n) is 14.7. The smallest absolute Gasteiger partial charge is 0.407 e. The maximum Gasteiger partial charge on any atom is 0.407 e. The van der Waals surface area contributed by atoms with Crippen LogP contribution < -0.4 is 11.1 Å². The molecule has 3 aromatic heterocycles. The number of nitrogens with zero attached hydrogens (tertiary/aromatic N) is 5. The zero-order valence-electron chi connectivity index (χ0n) is 32.2. The number of hydrogen-bond acceptors (Lipinski definition) is 9. The average molecular weight is 774 g/mol. The van der Waals surface area contributed by atoms with Gasteiger partial charge >= 0.3 is 12.2 Å². The molecule has 5 heterocycles. The molecule has 0 saturated carbocycles. The summed E-state index contributed by atoms with van der Waals surface area (Å²) in [4.78, 5) is 74.7. The fraction of sp³-hybridized carbons (Fsp3) is 0.357. The minimum atomic E-state index is -1.07. The predicted molar refractivity (Wildman–Crippen MR) is 211 cm³/mol. The van der Waals surface area contributed by atoms with E-state index >= 15 is 0 Å². The molecule has 2 unspecified atom stereocenters. The fourth-order valence-electron chi connectivity index (χ4n) is 7.73. The lowest BCUT2D eigenvalue weighted by atomic mass is 10.0. The Morgan fingerprint density at radius 3 is 1.79 bits per heavy atom. The molecule has 2 aliphatic heterocycles. The molecule has 4 atom stereocenters. The normalized spacial score (nSPS) is 17.7. The topological polar surface area (TPSA) is 202 Å². The molecule has 296 valence electrons. The Kier molecular flexibility index (Phi) is 11.6. The number of imidazole rings is 2. The van der Waals surface area contributed by atoms with Crippen molar-refractivity contribution < 1.29 is 28.7 Å². The number of nitrogens with one attached hydrogen (secondary N) is 3. The van der Waals surface area contributed by atoms with E-state index in [9.17, 15) is 19.2 Å². The van der Waals surface area contributed by atoms with Gasteiger partial charge in [0.2, 0.25) is 5.91 Å². The number of likely N-dealkylation sites (tertiary alicyclic amines) is 2. The van der Waals surface area contributed by atoms with Crippen molar-refractivity contribution in [2.24, 2.45) is 11.7 Å². The lowest BCUT2D eigenvalue weighted by Gasteiger charge is -2.30. The van der Waals surface area contributed by atoms with Gasteiger partial charge in [0, 0.05) is 31.9 Å². The van der Waals surface area contributed by atoms with E-state index < -0.39 is 24.3 Å². The second kappa shape index (κ2) is 17.1. The van der Waals surface area contributed by atoms with Crippen LogP contribution in [0.1, 0.15) is 68.8 Å². The molecule has 2 saturated heterocycles. The molecule has 0 radical (unpaired) electrons. The number of ether oxygens (including phenoxy) is 2. The molecule has 2 aromatic carbocycles. The fourth-order valence-corrected chi connectivity index (χ4v) is 7.73. The minimum absolute atomic E-state index is 0.110. The van der Waals surface area contributed by atoms with Crippen LogP contribution in [0.2, 0.25) is 0 Å². The van der Waals surface area contributed by atoms with Crippen LogP contribution in [0.25, 0.3) is 33.6 Å². The van der Waals surface area contributed by atoms with Crippen LogP contribution in [-0.4, -0.2) is 91.1 Å². The summed E-state index contributed by atoms with van der Waals surface area (Å²) in [5, 5.41) is 2.69. The standard InChI is InChI=1S/C42H47N9O6/c1-25(2)36(49-42(55)56-3)40(53)51-20-6-9-34(51)38-46-24-32(48-38)30-16-12-28(13-17-30)27-10-14-29(15-11-27)31-23-45-37(47-31)33-8-5-19-50(33)39(52)35(57-41(43)54)21-26-7-4-18-44-22-26/h4,7,10-18,22-25,33-36H,5-6,8-9,19-21H2,1-3H3,(H2,43,54)(H,45,47)(H,46,48)(H,49,55)/t33-,34?,35-,36?/m0/s1. The SMILES string of the molecule is COC(=O)NC(C(=O)N1CCCC1c1ncc(-c2ccc(-c3ccc(-c4cnc([C@@H]5CCCN5C(=O)[C@H](Cc5cccnc5)OC(N)=O)[nH]4)cc3)cc2)[nH]1)C(C)C. The van der Waals surface area contributed by atoms with Gasteiger partial charge in [-0.15, -0.1) is 0 Å². The van der Waals surface area contributed by atoms with E-state index in [1.807, 2.05) is 44.2 Å². The molecular weight excluding hydrogens is 727 g/mol. The predicted octanol–water partition coefficient (Wildman–Crippen LogP) is 5.94. The number of amides is 4. The van der Waals surface area contributed by atoms with Crippen molar-refractivity contribution in [1.82, 2.24) is 40.0 Å². The van der Waals surface area contributed by atoms with Crippen LogP contribution in [-0.2, 0) is 25.5 Å². The van der Waals surface area contributed by atoms with Gasteiger partial charge in [0.05, 0.1) is 43.0 Å². The Bertz CT molecular complexity index is 2180. The van der Waals surface area contributed by atoms with E-state index in [4.69, 9.17) is 15.2 Å². The molecule has 7 rings (SSSR count). The molecule has 2 aliphatic rings. The molecule has 0 aliphatic carbocycles. The number of aromatic amines is 2. The van der Waals surface area contributed by atoms with Gasteiger partial charge in [0.1, 0.15) is 17.7 Å². The van der Waals surface area contributed by atoms with Gasteiger partial charge in [-0.1, -0.05) is 68.4 Å². The number of hydrogen-bond donors (Lipinski definition) is 4. The van der Waals surface area contributed by atoms with E-state index in [1.165, 1.54) is 7.11 Å². The molecule has 5 aromatic rings. The summed E-state index contributed by atoms with van der Waals surface area (Å²) >= 11 is 0. The maximum atomic E-state index is 13.7. The van der Waals surface area contributed by atoms with Crippen molar-refractivity contribution in [2.75, 3.05) is 20.2 Å². The highest BCUT2D eigenvalue weighted by molar-refractivity contribution is 5.86. The largest absolute Gasteiger partial charge is 0.453 e. The first kappa shape index (κ1) is 38.8. The number of nitrogens with two attached hydrogens (primary N) is 1. The Morgan fingerprint density at radius 2 is 1.32 bits per heavy atom. The maximum absolute atomic E-state index is 13.7. The van der Waals surface area contributed by atoms with Gasteiger partial charge in [-0.2, -0.15) is 0 Å². The second-order valence-corrected chi connectivity index (χ2v) is 14.7. The van der Waals surface area contributed by atoms with E-state index in [2.05, 4.69) is 54.5 Å². The third-order valence-electron chi connectivity index (χ3n) is 10.7. The summed E-state index contributed by atoms with van der Waals surface area (Å²) < 4.78 is 10.0. The lowest BCUT2D eigenvalue weighted by molar-refractivity contribution is -0.141. The first-order chi connectivity index (χ1) is 27.6. The van der Waals surface area contributed by atoms with Crippen LogP contribution in [0.15, 0.2) is 85.5 Å². The Labute approximate surface area is 330 Å². The van der Waals surface area contributed by atoms with Gasteiger partial charge in [0.15, 0.2) is 6.10 Å². The Morgan fingerprint density at radius 1 is 0.789 bits per heavy atom. The number of H-pyrrole nitrogens is 2. The van der Waals surface area contributed by atoms with Crippen molar-refractivity contribution >= 4 is 24.0 Å². The zero-order valence-corrected chi connectivity index (χ0v) is 32.2. The van der Waals surface area contributed by atoms with E-state index in [0.29, 0.717) is 24.7 Å². The van der Waals surface area contributed by atoms with Gasteiger partial charge < -0.3 is 40.3 Å². The van der Waals surface area contributed by atoms with E-state index in [0.717, 1.165) is 64.9 Å². The third-order valence-corrected chi connectivity index (χ3v) is 10.7. The molecule has 4 amide bonds. The number of aromatic nitrogens is 5. The summed E-state index contributed by atoms with van der Waals surface area (Å²) in [6, 6.07) is 18.8. The van der Waals surface area contributed by atoms with Crippen LogP contribution in [0.5, 0.6) is 0 Å². The number of benzene rings is 2. The van der Waals surface area contributed by atoms with Crippen molar-refractivity contribution in [3.05, 3.63) is 103 Å². The molecule has 5 N–H and O–H groups in total. The van der Waals surface area contributed by atoms with E-state index in [1.54, 1.807) is 40.7 Å². The van der Waals surface area contributed by atoms with Gasteiger partial charge in [-0.25, -0.2) is 19.6 Å². The minimum Gasteiger partial charge on any atom is -0.453 e. The van der Waals surface area contributed by atoms with Crippen molar-refractivity contribution in [1.29, 1.82) is 0 Å². The molecule has 15 nitrogen and oxygen atoms in total. The zero-order chi connectivity index (χ0) is 40.1. The van der Waals surface area contributed by atoms with Crippen molar-refractivity contribution in [3.8, 4) is 33.6 Å². The Balaban J connectivity index is 0.998. The van der Waals surface area contributed by atoms with Gasteiger partial charge in [0.25, 0.3) is 5.91 Å². The van der Waals surface area contributed by atoms with Crippen molar-refractivity contribution in [2.45, 2.75) is 70.2 Å². The average Bonchev–Trinajstić information content (AvgIpc) is 4.06. The van der Waals surface area contributed by atoms with Crippen LogP contribution in [0.4, 0.5) is 9.59 Å². The molecule has 0 spiro atoms. The highest BCUT2D eigenvalue weighted by atomic mass is 16.6. The van der Waals surface area contributed by atoms with Crippen LogP contribution in [0.3, 0.4) is 0 Å². The first-order valence-electron chi connectivity index (χ1n) is 19.2. The lowest BCUT2D eigenvalue weighted by Crippen LogP contribution is -2.51. The molecule has 0 bridgehead atoms. The number of alkyl carbamates (subject to hydrolysis) is 1. The van der Waals surface area contributed by atoms with Crippen LogP contribution in [0, 0.1) is 5.92 Å². The number of pyridine rings is 1. The van der Waals surface area contributed by atoms with Crippen LogP contribution >= 0.6 is 0 Å². The van der Waals surface area contributed by atoms with E-state index in [-0.39, 0.29) is 36.2 Å². The number of carbonyl (C=O) groups is 4. The molecule has 2 fully saturated rings. The summed E-state index contributed by atoms with van der Waals surface area (Å²) in [6.45, 7) is 4.89. The number of rotatable bonds is 12. The van der Waals surface area contributed by atoms with Gasteiger partial charge in [-0.3, -0.25) is 14.6 Å². The first-order valence-corrected chi connectivity index (χ1v) is 19.2. The Hall–Kier alpha value is -6.51. The molecular formula is C42H47N9O6. The number of carbonyl (C=O) groups excluding carboxylic acids is 4. The summed E-state index contributed by atoms with van der Waals surface area (Å²) in [5.41, 5.74) is 11.8.